The molecular formula is C21H22ClF2N3O4. The second-order valence-corrected chi connectivity index (χ2v) is 6.80. The van der Waals surface area contributed by atoms with Gasteiger partial charge in [-0.2, -0.15) is 0 Å². The first-order chi connectivity index (χ1) is 14.7. The molecule has 0 aromatic heterocycles. The molecule has 0 aliphatic heterocycles. The van der Waals surface area contributed by atoms with Gasteiger partial charge in [0.1, 0.15) is 17.4 Å². The molecule has 0 aliphatic rings. The molecule has 0 unspecified atom stereocenters. The minimum absolute atomic E-state index is 0.167. The van der Waals surface area contributed by atoms with E-state index < -0.39 is 30.0 Å². The lowest BCUT2D eigenvalue weighted by Crippen LogP contribution is -2.34. The molecule has 7 nitrogen and oxygen atoms in total. The summed E-state index contributed by atoms with van der Waals surface area (Å²) in [5.74, 6) is -3.07. The van der Waals surface area contributed by atoms with Crippen molar-refractivity contribution in [2.45, 2.75) is 13.8 Å². The zero-order chi connectivity index (χ0) is 23.0. The number of hydrogen-bond donors (Lipinski definition) is 2. The summed E-state index contributed by atoms with van der Waals surface area (Å²) in [4.78, 5) is 37.6. The second-order valence-electron chi connectivity index (χ2n) is 6.39. The van der Waals surface area contributed by atoms with E-state index >= 15 is 0 Å². The van der Waals surface area contributed by atoms with E-state index in [1.165, 1.54) is 18.2 Å². The number of amides is 3. The van der Waals surface area contributed by atoms with Crippen LogP contribution >= 0.6 is 11.6 Å². The fourth-order valence-electron chi connectivity index (χ4n) is 2.66. The molecule has 0 radical (unpaired) electrons. The van der Waals surface area contributed by atoms with Crippen LogP contribution in [0.1, 0.15) is 24.2 Å². The highest BCUT2D eigenvalue weighted by Gasteiger charge is 2.13. The monoisotopic (exact) mass is 453 g/mol. The number of nitrogens with one attached hydrogen (secondary N) is 2. The third-order valence-electron chi connectivity index (χ3n) is 4.22. The fraction of sp³-hybridized carbons (Fsp3) is 0.286. The minimum atomic E-state index is -0.898. The first-order valence-electron chi connectivity index (χ1n) is 9.47. The zero-order valence-electron chi connectivity index (χ0n) is 17.0. The Morgan fingerprint density at radius 3 is 2.26 bits per heavy atom. The first-order valence-corrected chi connectivity index (χ1v) is 9.85. The minimum Gasteiger partial charge on any atom is -0.482 e. The van der Waals surface area contributed by atoms with E-state index in [-0.39, 0.29) is 28.8 Å². The molecule has 2 rings (SSSR count). The quantitative estimate of drug-likeness (QED) is 0.610. The van der Waals surface area contributed by atoms with Gasteiger partial charge in [-0.05, 0) is 44.2 Å². The molecule has 0 atom stereocenters. The van der Waals surface area contributed by atoms with Crippen molar-refractivity contribution in [3.8, 4) is 5.75 Å². The molecule has 3 amide bonds. The number of carbonyl (C=O) groups is 3. The first kappa shape index (κ1) is 24.1. The summed E-state index contributed by atoms with van der Waals surface area (Å²) in [7, 11) is 0. The third-order valence-corrected chi connectivity index (χ3v) is 4.51. The molecule has 0 saturated carbocycles. The van der Waals surface area contributed by atoms with E-state index in [4.69, 9.17) is 16.3 Å². The van der Waals surface area contributed by atoms with E-state index in [2.05, 4.69) is 10.6 Å². The largest absolute Gasteiger partial charge is 0.482 e. The van der Waals surface area contributed by atoms with Gasteiger partial charge < -0.3 is 20.3 Å². The van der Waals surface area contributed by atoms with Crippen molar-refractivity contribution < 1.29 is 27.9 Å². The molecule has 2 N–H and O–H groups in total. The summed E-state index contributed by atoms with van der Waals surface area (Å²) in [6, 6.07) is 6.81. The Hall–Kier alpha value is -3.20. The van der Waals surface area contributed by atoms with E-state index in [1.54, 1.807) is 4.90 Å². The van der Waals surface area contributed by atoms with Crippen molar-refractivity contribution >= 4 is 35.0 Å². The predicted octanol–water partition coefficient (Wildman–Crippen LogP) is 3.23. The van der Waals surface area contributed by atoms with E-state index in [9.17, 15) is 23.2 Å². The summed E-state index contributed by atoms with van der Waals surface area (Å²) < 4.78 is 31.8. The highest BCUT2D eigenvalue weighted by molar-refractivity contribution is 6.32. The Bertz CT molecular complexity index is 947. The van der Waals surface area contributed by atoms with Crippen LogP contribution in [0.25, 0.3) is 0 Å². The Labute approximate surface area is 183 Å². The molecule has 166 valence electrons. The number of nitrogens with zero attached hydrogens (tertiary/aromatic N) is 1. The fourth-order valence-corrected chi connectivity index (χ4v) is 2.89. The van der Waals surface area contributed by atoms with Crippen LogP contribution in [0.5, 0.6) is 5.75 Å². The number of ether oxygens (including phenoxy) is 1. The summed E-state index contributed by atoms with van der Waals surface area (Å²) >= 11 is 6.14. The normalized spacial score (nSPS) is 10.4. The van der Waals surface area contributed by atoms with Crippen molar-refractivity contribution in [3.05, 3.63) is 58.6 Å². The summed E-state index contributed by atoms with van der Waals surface area (Å²) in [6.45, 7) is 4.28. The van der Waals surface area contributed by atoms with E-state index in [0.717, 1.165) is 12.1 Å². The van der Waals surface area contributed by atoms with Gasteiger partial charge in [0, 0.05) is 30.4 Å². The number of carbonyl (C=O) groups excluding carboxylic acids is 3. The Morgan fingerprint density at radius 1 is 1.03 bits per heavy atom. The molecule has 31 heavy (non-hydrogen) atoms. The second kappa shape index (κ2) is 11.3. The van der Waals surface area contributed by atoms with Crippen LogP contribution in [-0.4, -0.2) is 48.9 Å². The maximum atomic E-state index is 13.2. The van der Waals surface area contributed by atoms with Crippen molar-refractivity contribution in [1.29, 1.82) is 0 Å². The third kappa shape index (κ3) is 7.21. The maximum absolute atomic E-state index is 13.2. The Balaban J connectivity index is 1.88. The molecule has 0 fully saturated rings. The maximum Gasteiger partial charge on any atom is 0.260 e. The van der Waals surface area contributed by atoms with Gasteiger partial charge in [0.25, 0.3) is 11.8 Å². The summed E-state index contributed by atoms with van der Waals surface area (Å²) in [6.07, 6.45) is 0. The van der Waals surface area contributed by atoms with Crippen molar-refractivity contribution in [1.82, 2.24) is 10.2 Å². The highest BCUT2D eigenvalue weighted by Crippen LogP contribution is 2.27. The van der Waals surface area contributed by atoms with Crippen LogP contribution in [0.2, 0.25) is 5.02 Å². The molecule has 0 heterocycles. The number of hydrogen-bond acceptors (Lipinski definition) is 4. The predicted molar refractivity (Wildman–Crippen MR) is 112 cm³/mol. The van der Waals surface area contributed by atoms with Crippen LogP contribution in [0.15, 0.2) is 36.4 Å². The lowest BCUT2D eigenvalue weighted by Gasteiger charge is -2.19. The van der Waals surface area contributed by atoms with Crippen molar-refractivity contribution in [3.63, 3.8) is 0 Å². The van der Waals surface area contributed by atoms with Gasteiger partial charge in [0.05, 0.1) is 11.6 Å². The molecule has 0 spiro atoms. The molecule has 2 aromatic rings. The van der Waals surface area contributed by atoms with E-state index in [1.807, 2.05) is 13.8 Å². The van der Waals surface area contributed by atoms with Crippen LogP contribution in [0, 0.1) is 11.6 Å². The SMILES string of the molecule is CCN(CC)C(=O)COc1ccc(NC(=O)CNC(=O)c2cc(F)cc(F)c2)cc1Cl. The van der Waals surface area contributed by atoms with Gasteiger partial charge in [-0.25, -0.2) is 8.78 Å². The molecule has 0 bridgehead atoms. The Morgan fingerprint density at radius 2 is 1.68 bits per heavy atom. The van der Waals surface area contributed by atoms with Crippen LogP contribution in [0.4, 0.5) is 14.5 Å². The number of likely N-dealkylation sites (N-methyl/N-ethyl adjacent to an activating group) is 1. The Kier molecular flexibility index (Phi) is 8.75. The van der Waals surface area contributed by atoms with Crippen LogP contribution in [-0.2, 0) is 9.59 Å². The lowest BCUT2D eigenvalue weighted by molar-refractivity contribution is -0.133. The van der Waals surface area contributed by atoms with Crippen LogP contribution in [0.3, 0.4) is 0 Å². The summed E-state index contributed by atoms with van der Waals surface area (Å²) in [5.41, 5.74) is 0.0950. The number of rotatable bonds is 9. The van der Waals surface area contributed by atoms with Gasteiger partial charge in [0.2, 0.25) is 5.91 Å². The zero-order valence-corrected chi connectivity index (χ0v) is 17.8. The standard InChI is InChI=1S/C21H22ClF2N3O4/c1-3-27(4-2)20(29)12-31-18-6-5-16(10-17(18)22)26-19(28)11-25-21(30)13-7-14(23)9-15(24)8-13/h5-10H,3-4,11-12H2,1-2H3,(H,25,30)(H,26,28). The highest BCUT2D eigenvalue weighted by atomic mass is 35.5. The number of anilines is 1. The van der Waals surface area contributed by atoms with Gasteiger partial charge in [-0.1, -0.05) is 11.6 Å². The molecule has 2 aromatic carbocycles. The van der Waals surface area contributed by atoms with Gasteiger partial charge in [0.15, 0.2) is 6.61 Å². The average molecular weight is 454 g/mol. The summed E-state index contributed by atoms with van der Waals surface area (Å²) in [5, 5.41) is 4.98. The van der Waals surface area contributed by atoms with Crippen LogP contribution < -0.4 is 15.4 Å². The topological polar surface area (TPSA) is 87.7 Å². The molecular weight excluding hydrogens is 432 g/mol. The molecule has 0 aliphatic carbocycles. The van der Waals surface area contributed by atoms with Crippen molar-refractivity contribution in [2.75, 3.05) is 31.6 Å². The van der Waals surface area contributed by atoms with Crippen molar-refractivity contribution in [2.24, 2.45) is 0 Å². The lowest BCUT2D eigenvalue weighted by atomic mass is 10.2. The van der Waals surface area contributed by atoms with E-state index in [0.29, 0.717) is 24.8 Å². The molecule has 0 saturated heterocycles. The molecule has 10 heteroatoms. The van der Waals surface area contributed by atoms with Gasteiger partial charge in [-0.3, -0.25) is 14.4 Å². The smallest absolute Gasteiger partial charge is 0.260 e. The van der Waals surface area contributed by atoms with Gasteiger partial charge >= 0.3 is 0 Å². The van der Waals surface area contributed by atoms with Gasteiger partial charge in [-0.15, -0.1) is 0 Å². The number of halogens is 3. The number of benzene rings is 2. The average Bonchev–Trinajstić information content (AvgIpc) is 2.71.